The largest absolute Gasteiger partial charge is 0.512 e. The molecule has 0 saturated carbocycles. The average molecular weight is 607 g/mol. The van der Waals surface area contributed by atoms with E-state index in [9.17, 15) is 4.79 Å². The second kappa shape index (κ2) is 11.1. The minimum absolute atomic E-state index is 0. The molecule has 2 aromatic heterocycles. The summed E-state index contributed by atoms with van der Waals surface area (Å²) in [5.74, 6) is -0.0625. The summed E-state index contributed by atoms with van der Waals surface area (Å²) in [4.78, 5) is 17.2. The van der Waals surface area contributed by atoms with Crippen LogP contribution in [-0.4, -0.2) is 15.9 Å². The van der Waals surface area contributed by atoms with Crippen molar-refractivity contribution in [3.8, 4) is 21.7 Å². The van der Waals surface area contributed by atoms with Crippen LogP contribution in [0.25, 0.3) is 31.9 Å². The van der Waals surface area contributed by atoms with Crippen LogP contribution in [0.2, 0.25) is 0 Å². The molecular weight excluding hydrogens is 583 g/mol. The van der Waals surface area contributed by atoms with E-state index in [0.29, 0.717) is 0 Å². The molecule has 2 aromatic carbocycles. The average Bonchev–Trinajstić information content (AvgIpc) is 3.11. The molecule has 0 saturated heterocycles. The maximum absolute atomic E-state index is 10.0. The van der Waals surface area contributed by atoms with E-state index in [0.717, 1.165) is 16.1 Å². The van der Waals surface area contributed by atoms with Gasteiger partial charge in [0.25, 0.3) is 0 Å². The topological polar surface area (TPSA) is 50.2 Å². The Labute approximate surface area is 200 Å². The van der Waals surface area contributed by atoms with E-state index in [1.807, 2.05) is 24.3 Å². The number of aromatic nitrogens is 1. The third kappa shape index (κ3) is 6.96. The first-order valence-electron chi connectivity index (χ1n) is 9.66. The fourth-order valence-corrected chi connectivity index (χ4v) is 4.19. The molecule has 4 aromatic rings. The standard InChI is InChI=1S/C21H16NS.C5H8O2.Ir/c1-14-10-15(2)12-18(11-14)20-13-17-8-9-19(22-21(17)23-20)16-6-4-3-5-7-16;1-4(6)3-5(2)7;/h3-6,8-13H,1-2H3;3,6H,1-2H3;/q-1;;/b;4-3-;. The molecule has 1 N–H and O–H groups in total. The summed E-state index contributed by atoms with van der Waals surface area (Å²) in [6.45, 7) is 7.14. The number of carbonyl (C=O) groups is 1. The van der Waals surface area contributed by atoms with Crippen molar-refractivity contribution >= 4 is 27.3 Å². The van der Waals surface area contributed by atoms with Gasteiger partial charge in [-0.3, -0.25) is 9.78 Å². The second-order valence-corrected chi connectivity index (χ2v) is 8.28. The number of aryl methyl sites for hydroxylation is 2. The van der Waals surface area contributed by atoms with Crippen LogP contribution in [0.1, 0.15) is 25.0 Å². The molecular formula is C26H24IrNO2S-. The number of fused-ring (bicyclic) bond motifs is 1. The van der Waals surface area contributed by atoms with Gasteiger partial charge in [-0.15, -0.1) is 47.2 Å². The van der Waals surface area contributed by atoms with E-state index in [-0.39, 0.29) is 31.6 Å². The molecule has 3 nitrogen and oxygen atoms in total. The quantitative estimate of drug-likeness (QED) is 0.154. The SMILES string of the molecule is CC(=O)/C=C(/C)O.Cc1cc(C)cc(-c2cc3ccc(-c4[c-]cccc4)nc3s2)c1.[Ir]. The van der Waals surface area contributed by atoms with E-state index in [1.165, 1.54) is 46.9 Å². The first kappa shape index (κ1) is 24.7. The fraction of sp³-hybridized carbons (Fsp3) is 0.154. The zero-order chi connectivity index (χ0) is 21.7. The number of hydrogen-bond donors (Lipinski definition) is 1. The molecule has 0 bridgehead atoms. The van der Waals surface area contributed by atoms with Crippen molar-refractivity contribution in [3.63, 3.8) is 0 Å². The van der Waals surface area contributed by atoms with Gasteiger partial charge in [0.15, 0.2) is 5.78 Å². The zero-order valence-electron chi connectivity index (χ0n) is 17.9. The molecule has 0 amide bonds. The minimum Gasteiger partial charge on any atom is -0.512 e. The van der Waals surface area contributed by atoms with Gasteiger partial charge in [-0.1, -0.05) is 41.5 Å². The molecule has 0 fully saturated rings. The monoisotopic (exact) mass is 607 g/mol. The molecule has 0 atom stereocenters. The molecule has 0 unspecified atom stereocenters. The number of aliphatic hydroxyl groups is 1. The molecule has 0 aliphatic carbocycles. The van der Waals surface area contributed by atoms with Crippen LogP contribution in [0.4, 0.5) is 0 Å². The number of hydrogen-bond acceptors (Lipinski definition) is 4. The first-order valence-corrected chi connectivity index (χ1v) is 10.5. The van der Waals surface area contributed by atoms with Crippen LogP contribution < -0.4 is 0 Å². The van der Waals surface area contributed by atoms with Gasteiger partial charge >= 0.3 is 0 Å². The van der Waals surface area contributed by atoms with Crippen LogP contribution in [-0.2, 0) is 24.9 Å². The van der Waals surface area contributed by atoms with Gasteiger partial charge in [-0.05, 0) is 45.0 Å². The summed E-state index contributed by atoms with van der Waals surface area (Å²) in [5.41, 5.74) is 5.89. The van der Waals surface area contributed by atoms with Crippen molar-refractivity contribution in [2.24, 2.45) is 0 Å². The van der Waals surface area contributed by atoms with Gasteiger partial charge in [0, 0.05) is 36.4 Å². The van der Waals surface area contributed by atoms with Gasteiger partial charge < -0.3 is 5.11 Å². The number of rotatable bonds is 3. The van der Waals surface area contributed by atoms with Crippen LogP contribution in [0.3, 0.4) is 0 Å². The molecule has 4 rings (SSSR count). The maximum atomic E-state index is 10.0. The summed E-state index contributed by atoms with van der Waals surface area (Å²) in [7, 11) is 0. The molecule has 0 spiro atoms. The maximum Gasteiger partial charge on any atom is 0.155 e. The van der Waals surface area contributed by atoms with Crippen LogP contribution >= 0.6 is 11.3 Å². The van der Waals surface area contributed by atoms with Crippen molar-refractivity contribution in [3.05, 3.63) is 89.7 Å². The summed E-state index contributed by atoms with van der Waals surface area (Å²) in [6.07, 6.45) is 1.17. The molecule has 161 valence electrons. The van der Waals surface area contributed by atoms with E-state index < -0.39 is 0 Å². The van der Waals surface area contributed by atoms with E-state index in [2.05, 4.69) is 56.3 Å². The number of nitrogens with zero attached hydrogens (tertiary/aromatic N) is 1. The molecule has 5 heteroatoms. The van der Waals surface area contributed by atoms with Crippen LogP contribution in [0.5, 0.6) is 0 Å². The number of pyridine rings is 1. The van der Waals surface area contributed by atoms with Crippen molar-refractivity contribution < 1.29 is 30.0 Å². The Morgan fingerprint density at radius 3 is 2.29 bits per heavy atom. The minimum atomic E-state index is -0.125. The van der Waals surface area contributed by atoms with Crippen LogP contribution in [0.15, 0.2) is 72.5 Å². The van der Waals surface area contributed by atoms with Crippen molar-refractivity contribution in [1.82, 2.24) is 4.98 Å². The Kier molecular flexibility index (Phi) is 8.87. The Balaban J connectivity index is 0.000000373. The molecule has 2 heterocycles. The number of ketones is 1. The smallest absolute Gasteiger partial charge is 0.155 e. The third-order valence-electron chi connectivity index (χ3n) is 4.29. The van der Waals surface area contributed by atoms with Gasteiger partial charge in [-0.2, -0.15) is 0 Å². The first-order chi connectivity index (χ1) is 14.3. The van der Waals surface area contributed by atoms with Gasteiger partial charge in [0.2, 0.25) is 0 Å². The Hall–Kier alpha value is -2.59. The van der Waals surface area contributed by atoms with Gasteiger partial charge in [0.1, 0.15) is 4.83 Å². The Morgan fingerprint density at radius 2 is 1.74 bits per heavy atom. The number of allylic oxidation sites excluding steroid dienone is 2. The predicted octanol–water partition coefficient (Wildman–Crippen LogP) is 7.08. The van der Waals surface area contributed by atoms with Crippen molar-refractivity contribution in [2.75, 3.05) is 0 Å². The summed E-state index contributed by atoms with van der Waals surface area (Å²) < 4.78 is 0. The molecule has 0 aliphatic rings. The molecule has 0 aliphatic heterocycles. The second-order valence-electron chi connectivity index (χ2n) is 7.25. The molecule has 31 heavy (non-hydrogen) atoms. The number of thiophene rings is 1. The Morgan fingerprint density at radius 1 is 1.03 bits per heavy atom. The summed E-state index contributed by atoms with van der Waals surface area (Å²) in [6, 6.07) is 24.4. The molecule has 1 radical (unpaired) electrons. The van der Waals surface area contributed by atoms with Gasteiger partial charge in [0.05, 0.1) is 5.76 Å². The fourth-order valence-electron chi connectivity index (χ4n) is 3.17. The normalized spacial score (nSPS) is 10.8. The third-order valence-corrected chi connectivity index (χ3v) is 5.38. The zero-order valence-corrected chi connectivity index (χ0v) is 21.1. The van der Waals surface area contributed by atoms with E-state index >= 15 is 0 Å². The van der Waals surface area contributed by atoms with Crippen molar-refractivity contribution in [2.45, 2.75) is 27.7 Å². The van der Waals surface area contributed by atoms with Gasteiger partial charge in [-0.25, -0.2) is 0 Å². The van der Waals surface area contributed by atoms with E-state index in [4.69, 9.17) is 10.1 Å². The summed E-state index contributed by atoms with van der Waals surface area (Å²) >= 11 is 1.75. The number of benzene rings is 2. The van der Waals surface area contributed by atoms with Crippen LogP contribution in [0, 0.1) is 19.9 Å². The van der Waals surface area contributed by atoms with E-state index in [1.54, 1.807) is 11.3 Å². The number of carbonyl (C=O) groups excluding carboxylic acids is 1. The number of aliphatic hydroxyl groups excluding tert-OH is 1. The predicted molar refractivity (Wildman–Crippen MR) is 126 cm³/mol. The van der Waals surface area contributed by atoms with Crippen molar-refractivity contribution in [1.29, 1.82) is 0 Å². The summed E-state index contributed by atoms with van der Waals surface area (Å²) in [5, 5.41) is 9.56. The Bertz CT molecular complexity index is 1190.